The third kappa shape index (κ3) is 3.22. The highest BCUT2D eigenvalue weighted by Crippen LogP contribution is 2.25. The maximum Gasteiger partial charge on any atom is 0.274 e. The van der Waals surface area contributed by atoms with Gasteiger partial charge >= 0.3 is 0 Å². The summed E-state index contributed by atoms with van der Waals surface area (Å²) in [6.07, 6.45) is 1.54. The van der Waals surface area contributed by atoms with Gasteiger partial charge < -0.3 is 5.32 Å². The van der Waals surface area contributed by atoms with E-state index in [1.807, 2.05) is 0 Å². The van der Waals surface area contributed by atoms with Crippen LogP contribution in [0, 0.1) is 0 Å². The Morgan fingerprint density at radius 2 is 2.00 bits per heavy atom. The van der Waals surface area contributed by atoms with E-state index in [-0.39, 0.29) is 5.91 Å². The van der Waals surface area contributed by atoms with Crippen molar-refractivity contribution in [3.63, 3.8) is 0 Å². The quantitative estimate of drug-likeness (QED) is 0.876. The van der Waals surface area contributed by atoms with Gasteiger partial charge in [0.2, 0.25) is 0 Å². The van der Waals surface area contributed by atoms with Crippen molar-refractivity contribution < 1.29 is 4.79 Å². The topological polar surface area (TPSA) is 42.0 Å². The SMILES string of the molecule is O=C(Nc1ccc(Cl)cc1Cl)c1cc(Br)ccn1. The number of hydrogen-bond donors (Lipinski definition) is 1. The molecule has 0 aliphatic heterocycles. The van der Waals surface area contributed by atoms with E-state index in [1.165, 1.54) is 0 Å². The lowest BCUT2D eigenvalue weighted by atomic mass is 10.3. The molecule has 3 nitrogen and oxygen atoms in total. The van der Waals surface area contributed by atoms with Gasteiger partial charge in [-0.25, -0.2) is 0 Å². The van der Waals surface area contributed by atoms with Crippen molar-refractivity contribution in [2.45, 2.75) is 0 Å². The summed E-state index contributed by atoms with van der Waals surface area (Å²) in [6, 6.07) is 8.22. The Kier molecular flexibility index (Phi) is 4.22. The second-order valence-corrected chi connectivity index (χ2v) is 5.20. The molecule has 2 rings (SSSR count). The number of carbonyl (C=O) groups excluding carboxylic acids is 1. The van der Waals surface area contributed by atoms with E-state index in [4.69, 9.17) is 23.2 Å². The first kappa shape index (κ1) is 13.3. The van der Waals surface area contributed by atoms with Gasteiger partial charge in [-0.3, -0.25) is 9.78 Å². The zero-order valence-corrected chi connectivity index (χ0v) is 12.1. The van der Waals surface area contributed by atoms with Crippen LogP contribution in [0.25, 0.3) is 0 Å². The van der Waals surface area contributed by atoms with Crippen molar-refractivity contribution in [1.82, 2.24) is 4.98 Å². The van der Waals surface area contributed by atoms with Gasteiger partial charge in [-0.05, 0) is 30.3 Å². The number of nitrogens with one attached hydrogen (secondary N) is 1. The van der Waals surface area contributed by atoms with Crippen molar-refractivity contribution >= 4 is 50.7 Å². The minimum atomic E-state index is -0.333. The monoisotopic (exact) mass is 344 g/mol. The summed E-state index contributed by atoms with van der Waals surface area (Å²) in [5.74, 6) is -0.333. The molecular weight excluding hydrogens is 339 g/mol. The van der Waals surface area contributed by atoms with Crippen molar-refractivity contribution in [2.75, 3.05) is 5.32 Å². The Hall–Kier alpha value is -1.10. The van der Waals surface area contributed by atoms with Crippen LogP contribution in [0.3, 0.4) is 0 Å². The molecule has 92 valence electrons. The molecule has 1 aromatic heterocycles. The van der Waals surface area contributed by atoms with Crippen LogP contribution in [-0.2, 0) is 0 Å². The molecule has 0 unspecified atom stereocenters. The smallest absolute Gasteiger partial charge is 0.274 e. The summed E-state index contributed by atoms with van der Waals surface area (Å²) in [7, 11) is 0. The Morgan fingerprint density at radius 3 is 2.67 bits per heavy atom. The largest absolute Gasteiger partial charge is 0.319 e. The average molecular weight is 346 g/mol. The number of hydrogen-bond acceptors (Lipinski definition) is 2. The number of nitrogens with zero attached hydrogens (tertiary/aromatic N) is 1. The summed E-state index contributed by atoms with van der Waals surface area (Å²) >= 11 is 15.0. The summed E-state index contributed by atoms with van der Waals surface area (Å²) in [6.45, 7) is 0. The van der Waals surface area contributed by atoms with E-state index in [1.54, 1.807) is 36.5 Å². The Morgan fingerprint density at radius 1 is 1.22 bits per heavy atom. The highest BCUT2D eigenvalue weighted by Gasteiger charge is 2.10. The van der Waals surface area contributed by atoms with Gasteiger partial charge in [0.1, 0.15) is 5.69 Å². The number of rotatable bonds is 2. The predicted octanol–water partition coefficient (Wildman–Crippen LogP) is 4.40. The number of carbonyl (C=O) groups is 1. The maximum atomic E-state index is 11.9. The fourth-order valence-corrected chi connectivity index (χ4v) is 2.10. The van der Waals surface area contributed by atoms with Crippen LogP contribution >= 0.6 is 39.1 Å². The van der Waals surface area contributed by atoms with E-state index in [9.17, 15) is 4.79 Å². The van der Waals surface area contributed by atoms with Crippen LogP contribution in [-0.4, -0.2) is 10.9 Å². The first-order valence-electron chi connectivity index (χ1n) is 4.94. The molecule has 2 aromatic rings. The van der Waals surface area contributed by atoms with Gasteiger partial charge in [0, 0.05) is 15.7 Å². The molecule has 0 atom stereocenters. The van der Waals surface area contributed by atoms with Crippen LogP contribution in [0.1, 0.15) is 10.5 Å². The van der Waals surface area contributed by atoms with Gasteiger partial charge in [0.15, 0.2) is 0 Å². The van der Waals surface area contributed by atoms with Crippen molar-refractivity contribution in [1.29, 1.82) is 0 Å². The van der Waals surface area contributed by atoms with Gasteiger partial charge in [0.05, 0.1) is 10.7 Å². The van der Waals surface area contributed by atoms with Gasteiger partial charge in [0.25, 0.3) is 5.91 Å². The van der Waals surface area contributed by atoms with Gasteiger partial charge in [-0.15, -0.1) is 0 Å². The Balaban J connectivity index is 2.21. The Labute approximate surface area is 122 Å². The molecule has 0 saturated carbocycles. The third-order valence-electron chi connectivity index (χ3n) is 2.13. The number of halogens is 3. The fraction of sp³-hybridized carbons (Fsp3) is 0. The average Bonchev–Trinajstić information content (AvgIpc) is 2.32. The fourth-order valence-electron chi connectivity index (χ4n) is 1.31. The highest BCUT2D eigenvalue weighted by molar-refractivity contribution is 9.10. The first-order valence-corrected chi connectivity index (χ1v) is 6.49. The van der Waals surface area contributed by atoms with E-state index in [2.05, 4.69) is 26.2 Å². The summed E-state index contributed by atoms with van der Waals surface area (Å²) in [4.78, 5) is 15.9. The number of anilines is 1. The summed E-state index contributed by atoms with van der Waals surface area (Å²) in [5.41, 5.74) is 0.795. The first-order chi connectivity index (χ1) is 8.56. The van der Waals surface area contributed by atoms with Crippen LogP contribution in [0.2, 0.25) is 10.0 Å². The summed E-state index contributed by atoms with van der Waals surface area (Å²) in [5, 5.41) is 3.56. The van der Waals surface area contributed by atoms with Crippen molar-refractivity contribution in [3.05, 3.63) is 56.7 Å². The summed E-state index contributed by atoms with van der Waals surface area (Å²) < 4.78 is 0.782. The number of aromatic nitrogens is 1. The maximum absolute atomic E-state index is 11.9. The molecule has 0 spiro atoms. The molecule has 1 aromatic carbocycles. The van der Waals surface area contributed by atoms with Gasteiger partial charge in [-0.1, -0.05) is 39.1 Å². The zero-order valence-electron chi connectivity index (χ0n) is 8.95. The molecule has 18 heavy (non-hydrogen) atoms. The molecule has 0 fully saturated rings. The van der Waals surface area contributed by atoms with Crippen LogP contribution in [0.5, 0.6) is 0 Å². The lowest BCUT2D eigenvalue weighted by molar-refractivity contribution is 0.102. The molecule has 0 radical (unpaired) electrons. The lowest BCUT2D eigenvalue weighted by Crippen LogP contribution is -2.13. The molecule has 0 saturated heterocycles. The number of pyridine rings is 1. The normalized spacial score (nSPS) is 10.2. The molecule has 6 heteroatoms. The molecule has 1 heterocycles. The number of benzene rings is 1. The lowest BCUT2D eigenvalue weighted by Gasteiger charge is -2.07. The molecule has 0 aliphatic carbocycles. The second kappa shape index (κ2) is 5.69. The predicted molar refractivity (Wildman–Crippen MR) is 76.4 cm³/mol. The zero-order chi connectivity index (χ0) is 13.1. The van der Waals surface area contributed by atoms with E-state index < -0.39 is 0 Å². The molecule has 0 bridgehead atoms. The molecule has 1 amide bonds. The van der Waals surface area contributed by atoms with E-state index in [0.29, 0.717) is 21.4 Å². The van der Waals surface area contributed by atoms with Crippen LogP contribution in [0.4, 0.5) is 5.69 Å². The van der Waals surface area contributed by atoms with Crippen LogP contribution < -0.4 is 5.32 Å². The highest BCUT2D eigenvalue weighted by atomic mass is 79.9. The van der Waals surface area contributed by atoms with Gasteiger partial charge in [-0.2, -0.15) is 0 Å². The van der Waals surface area contributed by atoms with Crippen molar-refractivity contribution in [2.24, 2.45) is 0 Å². The van der Waals surface area contributed by atoms with Crippen LogP contribution in [0.15, 0.2) is 41.0 Å². The molecular formula is C12H7BrCl2N2O. The Bertz CT molecular complexity index is 604. The van der Waals surface area contributed by atoms with E-state index in [0.717, 1.165) is 4.47 Å². The minimum Gasteiger partial charge on any atom is -0.319 e. The second-order valence-electron chi connectivity index (χ2n) is 3.44. The molecule has 1 N–H and O–H groups in total. The standard InChI is InChI=1S/C12H7BrCl2N2O/c13-7-3-4-16-11(5-7)12(18)17-10-2-1-8(14)6-9(10)15/h1-6H,(H,17,18). The van der Waals surface area contributed by atoms with Crippen molar-refractivity contribution in [3.8, 4) is 0 Å². The third-order valence-corrected chi connectivity index (χ3v) is 3.18. The van der Waals surface area contributed by atoms with E-state index >= 15 is 0 Å². The minimum absolute atomic E-state index is 0.301. The number of amides is 1. The molecule has 0 aliphatic rings.